The van der Waals surface area contributed by atoms with Crippen molar-refractivity contribution in [3.63, 3.8) is 0 Å². The molecule has 7 nitrogen and oxygen atoms in total. The van der Waals surface area contributed by atoms with Crippen LogP contribution in [0.5, 0.6) is 5.75 Å². The van der Waals surface area contributed by atoms with E-state index in [2.05, 4.69) is 4.98 Å². The van der Waals surface area contributed by atoms with Crippen molar-refractivity contribution in [3.05, 3.63) is 29.3 Å². The predicted octanol–water partition coefficient (Wildman–Crippen LogP) is 1.07. The van der Waals surface area contributed by atoms with E-state index in [1.807, 2.05) is 0 Å². The second-order valence-corrected chi connectivity index (χ2v) is 6.33. The Bertz CT molecular complexity index is 757. The zero-order chi connectivity index (χ0) is 17.5. The van der Waals surface area contributed by atoms with Gasteiger partial charge in [0.25, 0.3) is 0 Å². The average Bonchev–Trinajstić information content (AvgIpc) is 2.86. The first-order valence-electron chi connectivity index (χ1n) is 7.49. The number of rotatable bonds is 4. The summed E-state index contributed by atoms with van der Waals surface area (Å²) in [5.41, 5.74) is 4.59. The Morgan fingerprint density at radius 2 is 2.12 bits per heavy atom. The number of benzene rings is 1. The number of hydrogen-bond acceptors (Lipinski definition) is 7. The Balaban J connectivity index is 1.86. The van der Waals surface area contributed by atoms with E-state index in [0.29, 0.717) is 22.7 Å². The maximum atomic E-state index is 10.4. The largest absolute Gasteiger partial charge is 0.488 e. The van der Waals surface area contributed by atoms with Crippen LogP contribution in [0.4, 0.5) is 5.82 Å². The Labute approximate surface area is 143 Å². The van der Waals surface area contributed by atoms with Crippen LogP contribution in [-0.4, -0.2) is 51.5 Å². The second kappa shape index (κ2) is 6.34. The van der Waals surface area contributed by atoms with Gasteiger partial charge in [-0.3, -0.25) is 0 Å². The third kappa shape index (κ3) is 2.89. The van der Waals surface area contributed by atoms with Crippen LogP contribution in [0.2, 0.25) is 5.02 Å². The number of aliphatic hydroxyl groups is 3. The summed E-state index contributed by atoms with van der Waals surface area (Å²) < 4.78 is 11.1. The molecule has 3 rings (SSSR count). The molecule has 0 amide bonds. The molecule has 24 heavy (non-hydrogen) atoms. The molecule has 1 aliphatic rings. The number of methoxy groups -OCH3 is 1. The number of nitrogens with zero attached hydrogens (tertiary/aromatic N) is 1. The minimum atomic E-state index is -1.91. The highest BCUT2D eigenvalue weighted by molar-refractivity contribution is 6.33. The number of nitrogen functional groups attached to an aromatic ring is 1. The number of hydrogen-bond donors (Lipinski definition) is 4. The van der Waals surface area contributed by atoms with Crippen LogP contribution in [0.15, 0.2) is 24.3 Å². The fraction of sp³-hybridized carbons (Fsp3) is 0.438. The molecule has 1 fully saturated rings. The van der Waals surface area contributed by atoms with E-state index in [9.17, 15) is 15.3 Å². The molecule has 0 saturated heterocycles. The number of ether oxygens (including phenoxy) is 2. The van der Waals surface area contributed by atoms with Gasteiger partial charge in [0.2, 0.25) is 0 Å². The molecular weight excluding hydrogens is 336 g/mol. The molecular formula is C16H19ClN2O5. The van der Waals surface area contributed by atoms with Crippen LogP contribution in [0.3, 0.4) is 0 Å². The van der Waals surface area contributed by atoms with E-state index < -0.39 is 24.1 Å². The lowest BCUT2D eigenvalue weighted by Gasteiger charge is -2.32. The van der Waals surface area contributed by atoms with Gasteiger partial charge in [-0.25, -0.2) is 4.98 Å². The van der Waals surface area contributed by atoms with E-state index in [4.69, 9.17) is 26.8 Å². The molecule has 2 aromatic rings. The summed E-state index contributed by atoms with van der Waals surface area (Å²) in [5, 5.41) is 30.4. The third-order valence-corrected chi connectivity index (χ3v) is 4.72. The number of nitrogens with two attached hydrogens (primary N) is 1. The molecule has 1 aliphatic carbocycles. The number of anilines is 1. The van der Waals surface area contributed by atoms with Gasteiger partial charge < -0.3 is 30.5 Å². The SMILES string of the molecule is CO[C@@H]1[C@@H](Oc2ccc3cc(Cl)c(N)nc3c2)CC[C@]1(O)C(O)O. The fourth-order valence-electron chi connectivity index (χ4n) is 3.13. The van der Waals surface area contributed by atoms with E-state index in [1.54, 1.807) is 24.3 Å². The molecule has 8 heteroatoms. The average molecular weight is 355 g/mol. The van der Waals surface area contributed by atoms with Crippen molar-refractivity contribution in [1.29, 1.82) is 0 Å². The Morgan fingerprint density at radius 3 is 2.79 bits per heavy atom. The first kappa shape index (κ1) is 17.2. The lowest BCUT2D eigenvalue weighted by atomic mass is 9.99. The fourth-order valence-corrected chi connectivity index (χ4v) is 3.29. The van der Waals surface area contributed by atoms with Crippen molar-refractivity contribution in [2.24, 2.45) is 0 Å². The van der Waals surface area contributed by atoms with E-state index >= 15 is 0 Å². The molecule has 3 atom stereocenters. The van der Waals surface area contributed by atoms with Crippen molar-refractivity contribution >= 4 is 28.3 Å². The van der Waals surface area contributed by atoms with Crippen molar-refractivity contribution in [2.45, 2.75) is 36.9 Å². The minimum absolute atomic E-state index is 0.155. The van der Waals surface area contributed by atoms with E-state index in [1.165, 1.54) is 7.11 Å². The molecule has 130 valence electrons. The normalized spacial score (nSPS) is 27.1. The van der Waals surface area contributed by atoms with E-state index in [0.717, 1.165) is 5.39 Å². The van der Waals surface area contributed by atoms with Gasteiger partial charge in [-0.1, -0.05) is 11.6 Å². The van der Waals surface area contributed by atoms with Crippen molar-refractivity contribution in [2.75, 3.05) is 12.8 Å². The number of aromatic nitrogens is 1. The molecule has 0 radical (unpaired) electrons. The molecule has 0 spiro atoms. The van der Waals surface area contributed by atoms with Crippen molar-refractivity contribution in [1.82, 2.24) is 4.98 Å². The summed E-state index contributed by atoms with van der Waals surface area (Å²) in [6, 6.07) is 6.97. The lowest BCUT2D eigenvalue weighted by molar-refractivity contribution is -0.226. The van der Waals surface area contributed by atoms with Crippen LogP contribution in [-0.2, 0) is 4.74 Å². The summed E-state index contributed by atoms with van der Waals surface area (Å²) in [4.78, 5) is 4.21. The maximum absolute atomic E-state index is 10.4. The van der Waals surface area contributed by atoms with Crippen LogP contribution >= 0.6 is 11.6 Å². The van der Waals surface area contributed by atoms with Crippen molar-refractivity contribution < 1.29 is 24.8 Å². The Kier molecular flexibility index (Phi) is 4.54. The second-order valence-electron chi connectivity index (χ2n) is 5.93. The summed E-state index contributed by atoms with van der Waals surface area (Å²) in [5.74, 6) is 0.746. The zero-order valence-electron chi connectivity index (χ0n) is 13.0. The van der Waals surface area contributed by atoms with Crippen LogP contribution in [0.25, 0.3) is 10.9 Å². The quantitative estimate of drug-likeness (QED) is 0.606. The maximum Gasteiger partial charge on any atom is 0.183 e. The third-order valence-electron chi connectivity index (χ3n) is 4.42. The van der Waals surface area contributed by atoms with Gasteiger partial charge >= 0.3 is 0 Å². The van der Waals surface area contributed by atoms with E-state index in [-0.39, 0.29) is 12.2 Å². The molecule has 1 aromatic heterocycles. The van der Waals surface area contributed by atoms with Gasteiger partial charge in [0.05, 0.1) is 10.5 Å². The molecule has 0 aliphatic heterocycles. The number of aliphatic hydroxyl groups excluding tert-OH is 1. The first-order valence-corrected chi connectivity index (χ1v) is 7.86. The van der Waals surface area contributed by atoms with Gasteiger partial charge in [0, 0.05) is 18.6 Å². The highest BCUT2D eigenvalue weighted by Crippen LogP contribution is 2.37. The molecule has 1 saturated carbocycles. The van der Waals surface area contributed by atoms with Crippen molar-refractivity contribution in [3.8, 4) is 5.75 Å². The van der Waals surface area contributed by atoms with Crippen LogP contribution in [0, 0.1) is 0 Å². The molecule has 1 heterocycles. The van der Waals surface area contributed by atoms with Crippen LogP contribution in [0.1, 0.15) is 12.8 Å². The number of pyridine rings is 1. The monoisotopic (exact) mass is 354 g/mol. The standard InChI is InChI=1S/C16H19ClN2O5/c1-23-13-12(4-5-16(13,22)15(20)21)24-9-3-2-8-6-10(17)14(18)19-11(8)7-9/h2-3,6-7,12-13,15,20-22H,4-5H2,1H3,(H2,18,19)/t12-,13+,16+/m0/s1. The highest BCUT2D eigenvalue weighted by Gasteiger charge is 2.53. The predicted molar refractivity (Wildman–Crippen MR) is 88.8 cm³/mol. The smallest absolute Gasteiger partial charge is 0.183 e. The summed E-state index contributed by atoms with van der Waals surface area (Å²) in [6.45, 7) is 0. The number of halogens is 1. The van der Waals surface area contributed by atoms with Gasteiger partial charge in [-0.2, -0.15) is 0 Å². The molecule has 5 N–H and O–H groups in total. The topological polar surface area (TPSA) is 118 Å². The molecule has 0 unspecified atom stereocenters. The van der Waals surface area contributed by atoms with Gasteiger partial charge in [-0.15, -0.1) is 0 Å². The first-order chi connectivity index (χ1) is 11.3. The summed E-state index contributed by atoms with van der Waals surface area (Å²) >= 11 is 5.95. The highest BCUT2D eigenvalue weighted by atomic mass is 35.5. The van der Waals surface area contributed by atoms with Gasteiger partial charge in [0.1, 0.15) is 29.4 Å². The molecule has 0 bridgehead atoms. The van der Waals surface area contributed by atoms with Crippen LogP contribution < -0.4 is 10.5 Å². The zero-order valence-corrected chi connectivity index (χ0v) is 13.8. The lowest BCUT2D eigenvalue weighted by Crippen LogP contribution is -2.53. The summed E-state index contributed by atoms with van der Waals surface area (Å²) in [6.07, 6.45) is -2.72. The number of fused-ring (bicyclic) bond motifs is 1. The summed E-state index contributed by atoms with van der Waals surface area (Å²) in [7, 11) is 1.39. The Hall–Kier alpha value is -1.64. The van der Waals surface area contributed by atoms with Gasteiger partial charge in [-0.05, 0) is 31.0 Å². The van der Waals surface area contributed by atoms with Gasteiger partial charge in [0.15, 0.2) is 6.29 Å². The minimum Gasteiger partial charge on any atom is -0.488 e. The Morgan fingerprint density at radius 1 is 1.38 bits per heavy atom. The molecule has 1 aromatic carbocycles.